The molecule has 2 fully saturated rings. The van der Waals surface area contributed by atoms with E-state index in [1.807, 2.05) is 84.9 Å². The first-order valence-electron chi connectivity index (χ1n) is 11.0. The van der Waals surface area contributed by atoms with Crippen LogP contribution in [0.3, 0.4) is 0 Å². The molecule has 2 aromatic carbocycles. The van der Waals surface area contributed by atoms with Gasteiger partial charge in [-0.25, -0.2) is 4.90 Å². The molecule has 0 saturated carbocycles. The first-order valence-corrected chi connectivity index (χ1v) is 11.9. The van der Waals surface area contributed by atoms with E-state index in [1.54, 1.807) is 6.07 Å². The van der Waals surface area contributed by atoms with Crippen molar-refractivity contribution in [2.75, 3.05) is 4.90 Å². The van der Waals surface area contributed by atoms with Crippen LogP contribution in [0.4, 0.5) is 5.69 Å². The van der Waals surface area contributed by atoms with E-state index in [0.29, 0.717) is 10.6 Å². The number of amides is 2. The van der Waals surface area contributed by atoms with Crippen molar-refractivity contribution in [2.24, 2.45) is 11.8 Å². The molecule has 0 aliphatic carbocycles. The predicted molar refractivity (Wildman–Crippen MR) is 128 cm³/mol. The van der Waals surface area contributed by atoms with Gasteiger partial charge in [0.1, 0.15) is 6.04 Å². The van der Waals surface area contributed by atoms with E-state index in [4.69, 9.17) is 0 Å². The van der Waals surface area contributed by atoms with Gasteiger partial charge in [0.25, 0.3) is 0 Å². The van der Waals surface area contributed by atoms with E-state index in [9.17, 15) is 14.4 Å². The van der Waals surface area contributed by atoms with Crippen LogP contribution >= 0.6 is 11.3 Å². The molecular formula is C27H22N2O3S. The molecule has 4 heterocycles. The maximum absolute atomic E-state index is 13.9. The minimum Gasteiger partial charge on any atom is -0.358 e. The van der Waals surface area contributed by atoms with Crippen LogP contribution in [0, 0.1) is 25.7 Å². The lowest BCUT2D eigenvalue weighted by Gasteiger charge is -2.35. The Bertz CT molecular complexity index is 1340. The van der Waals surface area contributed by atoms with Crippen LogP contribution in [0.25, 0.3) is 6.08 Å². The SMILES string of the molecule is Cc1ccc(N2C(=O)[C@H]3[C@H](C2=O)[C@H]2c4ccccc4C=CN2[C@@H]3C(=O)c2cccs2)cc1C. The molecule has 3 aliphatic rings. The summed E-state index contributed by atoms with van der Waals surface area (Å²) in [5.74, 6) is -1.96. The Labute approximate surface area is 195 Å². The van der Waals surface area contributed by atoms with Crippen molar-refractivity contribution in [1.82, 2.24) is 4.90 Å². The Morgan fingerprint density at radius 3 is 2.45 bits per heavy atom. The predicted octanol–water partition coefficient (Wildman–Crippen LogP) is 4.76. The number of hydrogen-bond donors (Lipinski definition) is 0. The van der Waals surface area contributed by atoms with E-state index in [2.05, 4.69) is 0 Å². The molecule has 5 nitrogen and oxygen atoms in total. The summed E-state index contributed by atoms with van der Waals surface area (Å²) in [5, 5.41) is 1.86. The minimum atomic E-state index is -0.727. The lowest BCUT2D eigenvalue weighted by atomic mass is 9.84. The van der Waals surface area contributed by atoms with Crippen molar-refractivity contribution >= 4 is 40.7 Å². The van der Waals surface area contributed by atoms with Gasteiger partial charge in [-0.3, -0.25) is 14.4 Å². The fourth-order valence-corrected chi connectivity index (χ4v) is 6.24. The number of nitrogens with zero attached hydrogens (tertiary/aromatic N) is 2. The topological polar surface area (TPSA) is 57.7 Å². The number of hydrogen-bond acceptors (Lipinski definition) is 5. The Morgan fingerprint density at radius 1 is 0.909 bits per heavy atom. The number of thiophene rings is 1. The summed E-state index contributed by atoms with van der Waals surface area (Å²) in [6.07, 6.45) is 3.86. The highest BCUT2D eigenvalue weighted by molar-refractivity contribution is 7.12. The molecule has 33 heavy (non-hydrogen) atoms. The van der Waals surface area contributed by atoms with Crippen molar-refractivity contribution in [2.45, 2.75) is 25.9 Å². The highest BCUT2D eigenvalue weighted by atomic mass is 32.1. The molecule has 2 saturated heterocycles. The van der Waals surface area contributed by atoms with Gasteiger partial charge in [-0.2, -0.15) is 0 Å². The largest absolute Gasteiger partial charge is 0.358 e. The normalized spacial score (nSPS) is 25.3. The fourth-order valence-electron chi connectivity index (χ4n) is 5.54. The standard InChI is InChI=1S/C27H22N2O3S/c1-15-9-10-18(14-16(15)2)29-26(31)21-22(27(29)32)24(25(30)20-8-5-13-33-20)28-12-11-17-6-3-4-7-19(17)23(21)28/h3-14,21-24H,1-2H3/t21-,22-,23+,24-/m0/s1. The van der Waals surface area contributed by atoms with Crippen molar-refractivity contribution < 1.29 is 14.4 Å². The highest BCUT2D eigenvalue weighted by Gasteiger charge is 2.64. The van der Waals surface area contributed by atoms with Gasteiger partial charge in [-0.05, 0) is 65.8 Å². The Balaban J connectivity index is 1.51. The molecule has 4 atom stereocenters. The van der Waals surface area contributed by atoms with Gasteiger partial charge < -0.3 is 4.90 Å². The molecule has 6 rings (SSSR count). The number of rotatable bonds is 3. The van der Waals surface area contributed by atoms with Crippen LogP contribution in [-0.2, 0) is 9.59 Å². The number of anilines is 1. The lowest BCUT2D eigenvalue weighted by Crippen LogP contribution is -2.44. The highest BCUT2D eigenvalue weighted by Crippen LogP contribution is 2.53. The first-order chi connectivity index (χ1) is 16.0. The first kappa shape index (κ1) is 20.1. The van der Waals surface area contributed by atoms with Crippen LogP contribution in [0.1, 0.15) is 38.0 Å². The summed E-state index contributed by atoms with van der Waals surface area (Å²) in [5.41, 5.74) is 4.70. The summed E-state index contributed by atoms with van der Waals surface area (Å²) in [6, 6.07) is 16.1. The van der Waals surface area contributed by atoms with Gasteiger partial charge in [0.15, 0.2) is 5.78 Å². The summed E-state index contributed by atoms with van der Waals surface area (Å²) < 4.78 is 0. The number of benzene rings is 2. The van der Waals surface area contributed by atoms with Gasteiger partial charge in [0, 0.05) is 6.20 Å². The summed E-state index contributed by atoms with van der Waals surface area (Å²) >= 11 is 1.37. The van der Waals surface area contributed by atoms with Gasteiger partial charge in [0.2, 0.25) is 11.8 Å². The van der Waals surface area contributed by atoms with Crippen molar-refractivity contribution in [1.29, 1.82) is 0 Å². The average Bonchev–Trinajstić information content (AvgIpc) is 3.52. The maximum Gasteiger partial charge on any atom is 0.240 e. The zero-order valence-electron chi connectivity index (χ0n) is 18.3. The minimum absolute atomic E-state index is 0.102. The molecule has 0 N–H and O–H groups in total. The number of carbonyl (C=O) groups is 3. The second-order valence-electron chi connectivity index (χ2n) is 8.96. The van der Waals surface area contributed by atoms with Gasteiger partial charge in [-0.1, -0.05) is 36.4 Å². The van der Waals surface area contributed by atoms with Crippen LogP contribution in [0.15, 0.2) is 66.2 Å². The summed E-state index contributed by atoms with van der Waals surface area (Å²) in [6.45, 7) is 3.97. The Kier molecular flexibility index (Phi) is 4.42. The molecular weight excluding hydrogens is 432 g/mol. The monoisotopic (exact) mass is 454 g/mol. The van der Waals surface area contributed by atoms with E-state index in [1.165, 1.54) is 16.2 Å². The third kappa shape index (κ3) is 2.80. The van der Waals surface area contributed by atoms with Crippen molar-refractivity contribution in [3.63, 3.8) is 0 Å². The van der Waals surface area contributed by atoms with Crippen LogP contribution in [0.2, 0.25) is 0 Å². The maximum atomic E-state index is 13.9. The number of aryl methyl sites for hydroxylation is 2. The third-order valence-electron chi connectivity index (χ3n) is 7.24. The second kappa shape index (κ2) is 7.25. The molecule has 1 aromatic heterocycles. The molecule has 0 bridgehead atoms. The quantitative estimate of drug-likeness (QED) is 0.423. The van der Waals surface area contributed by atoms with Crippen LogP contribution < -0.4 is 4.90 Å². The van der Waals surface area contributed by atoms with Crippen LogP contribution in [-0.4, -0.2) is 28.5 Å². The molecule has 2 amide bonds. The summed E-state index contributed by atoms with van der Waals surface area (Å²) in [7, 11) is 0. The van der Waals surface area contributed by atoms with E-state index < -0.39 is 17.9 Å². The molecule has 3 aliphatic heterocycles. The zero-order chi connectivity index (χ0) is 22.9. The van der Waals surface area contributed by atoms with E-state index in [-0.39, 0.29) is 23.6 Å². The lowest BCUT2D eigenvalue weighted by molar-refractivity contribution is -0.123. The zero-order valence-corrected chi connectivity index (χ0v) is 19.1. The molecule has 0 radical (unpaired) electrons. The average molecular weight is 455 g/mol. The third-order valence-corrected chi connectivity index (χ3v) is 8.13. The molecule has 0 spiro atoms. The number of ketones is 1. The van der Waals surface area contributed by atoms with E-state index in [0.717, 1.165) is 22.3 Å². The number of carbonyl (C=O) groups excluding carboxylic acids is 3. The van der Waals surface area contributed by atoms with Crippen LogP contribution in [0.5, 0.6) is 0 Å². The number of Topliss-reactive ketones (excluding diaryl/α,β-unsaturated/α-hetero) is 1. The van der Waals surface area contributed by atoms with Gasteiger partial charge >= 0.3 is 0 Å². The second-order valence-corrected chi connectivity index (χ2v) is 9.90. The fraction of sp³-hybridized carbons (Fsp3) is 0.222. The Morgan fingerprint density at radius 2 is 1.70 bits per heavy atom. The molecule has 164 valence electrons. The molecule has 0 unspecified atom stereocenters. The molecule has 6 heteroatoms. The van der Waals surface area contributed by atoms with Gasteiger partial charge in [-0.15, -0.1) is 11.3 Å². The number of imide groups is 1. The smallest absolute Gasteiger partial charge is 0.240 e. The molecule has 3 aromatic rings. The van der Waals surface area contributed by atoms with Crippen molar-refractivity contribution in [3.05, 3.63) is 93.3 Å². The summed E-state index contributed by atoms with van der Waals surface area (Å²) in [4.78, 5) is 45.2. The Hall–Kier alpha value is -3.51. The van der Waals surface area contributed by atoms with Crippen molar-refractivity contribution in [3.8, 4) is 0 Å². The van der Waals surface area contributed by atoms with E-state index >= 15 is 0 Å². The van der Waals surface area contributed by atoms with Gasteiger partial charge in [0.05, 0.1) is 28.4 Å². The number of fused-ring (bicyclic) bond motifs is 5.